The van der Waals surface area contributed by atoms with E-state index in [4.69, 9.17) is 8.50 Å². The Bertz CT molecular complexity index is 1190. The molecular formula is C22H31N5O2S2. The lowest BCUT2D eigenvalue weighted by molar-refractivity contribution is 0.415. The highest BCUT2D eigenvalue weighted by atomic mass is 32.3. The van der Waals surface area contributed by atoms with Crippen LogP contribution in [0.3, 0.4) is 0 Å². The van der Waals surface area contributed by atoms with Gasteiger partial charge >= 0.3 is 0 Å². The van der Waals surface area contributed by atoms with Gasteiger partial charge in [0.2, 0.25) is 0 Å². The van der Waals surface area contributed by atoms with Crippen molar-refractivity contribution in [3.05, 3.63) is 48.8 Å². The fourth-order valence-corrected chi connectivity index (χ4v) is 7.07. The standard InChI is InChI=1S/C22H31N5O2S2/c1-22(2,3)30(6,7)27-31(28,23-4)18-11-8-16(9-12-18)26-21-19-13-10-17(29-5)14-20(19)24-15-25-21/h8-15H,1-7H3,(H,23,27,28)(H,24,25,26). The van der Waals surface area contributed by atoms with Gasteiger partial charge in [0.25, 0.3) is 0 Å². The number of rotatable bonds is 6. The van der Waals surface area contributed by atoms with Crippen LogP contribution in [-0.4, -0.2) is 45.6 Å². The van der Waals surface area contributed by atoms with E-state index in [0.29, 0.717) is 10.7 Å². The zero-order valence-corrected chi connectivity index (χ0v) is 20.7. The van der Waals surface area contributed by atoms with Crippen molar-refractivity contribution >= 4 is 42.5 Å². The third-order valence-electron chi connectivity index (χ3n) is 5.35. The zero-order valence-electron chi connectivity index (χ0n) is 19.1. The van der Waals surface area contributed by atoms with Gasteiger partial charge in [-0.25, -0.2) is 18.9 Å². The minimum Gasteiger partial charge on any atom is -0.497 e. The smallest absolute Gasteiger partial charge is 0.146 e. The Labute approximate surface area is 186 Å². The number of nitrogens with zero attached hydrogens (tertiary/aromatic N) is 3. The van der Waals surface area contributed by atoms with E-state index in [1.165, 1.54) is 6.33 Å². The lowest BCUT2D eigenvalue weighted by Crippen LogP contribution is -2.26. The molecule has 1 atom stereocenters. The zero-order chi connectivity index (χ0) is 22.9. The lowest BCUT2D eigenvalue weighted by atomic mass is 10.2. The third-order valence-corrected chi connectivity index (χ3v) is 12.1. The number of hydrogen-bond donors (Lipinski definition) is 2. The van der Waals surface area contributed by atoms with Crippen molar-refractivity contribution in [3.8, 4) is 5.75 Å². The first kappa shape index (κ1) is 23.3. The molecule has 0 aliphatic heterocycles. The second-order valence-corrected chi connectivity index (χ2v) is 14.7. The number of ether oxygens (including phenoxy) is 1. The number of aromatic nitrogens is 2. The molecule has 0 aliphatic rings. The number of fused-ring (bicyclic) bond motifs is 1. The van der Waals surface area contributed by atoms with Crippen LogP contribution in [0.1, 0.15) is 20.8 Å². The number of methoxy groups -OCH3 is 1. The predicted molar refractivity (Wildman–Crippen MR) is 133 cm³/mol. The number of nitrogens with one attached hydrogen (secondary N) is 2. The lowest BCUT2D eigenvalue weighted by Gasteiger charge is -2.40. The molecule has 0 bridgehead atoms. The Morgan fingerprint density at radius 1 is 1.03 bits per heavy atom. The molecule has 3 aromatic rings. The van der Waals surface area contributed by atoms with Gasteiger partial charge in [-0.3, -0.25) is 0 Å². The van der Waals surface area contributed by atoms with E-state index in [1.807, 2.05) is 42.5 Å². The molecule has 0 radical (unpaired) electrons. The Balaban J connectivity index is 1.93. The Kier molecular flexibility index (Phi) is 6.50. The van der Waals surface area contributed by atoms with Crippen molar-refractivity contribution in [3.63, 3.8) is 0 Å². The van der Waals surface area contributed by atoms with Gasteiger partial charge < -0.3 is 10.1 Å². The van der Waals surface area contributed by atoms with Gasteiger partial charge in [0.05, 0.1) is 17.5 Å². The average Bonchev–Trinajstić information content (AvgIpc) is 2.72. The van der Waals surface area contributed by atoms with Gasteiger partial charge in [-0.1, -0.05) is 20.8 Å². The molecule has 3 rings (SSSR count). The summed E-state index contributed by atoms with van der Waals surface area (Å²) in [6.07, 6.45) is 5.70. The van der Waals surface area contributed by atoms with Crippen LogP contribution in [0.4, 0.5) is 11.5 Å². The van der Waals surface area contributed by atoms with Crippen molar-refractivity contribution in [1.29, 1.82) is 0 Å². The van der Waals surface area contributed by atoms with Crippen molar-refractivity contribution in [2.45, 2.75) is 30.4 Å². The van der Waals surface area contributed by atoms with E-state index in [0.717, 1.165) is 22.3 Å². The third kappa shape index (κ3) is 4.94. The highest BCUT2D eigenvalue weighted by molar-refractivity contribution is 8.35. The van der Waals surface area contributed by atoms with Crippen LogP contribution >= 0.6 is 10.2 Å². The Morgan fingerprint density at radius 3 is 2.29 bits per heavy atom. The molecule has 9 heteroatoms. The molecule has 0 amide bonds. The summed E-state index contributed by atoms with van der Waals surface area (Å²) < 4.78 is 26.6. The first-order chi connectivity index (χ1) is 14.5. The van der Waals surface area contributed by atoms with Crippen LogP contribution in [0.15, 0.2) is 57.5 Å². The van der Waals surface area contributed by atoms with Crippen LogP contribution in [0.2, 0.25) is 0 Å². The average molecular weight is 462 g/mol. The topological polar surface area (TPSA) is 88.5 Å². The van der Waals surface area contributed by atoms with E-state index in [9.17, 15) is 4.21 Å². The van der Waals surface area contributed by atoms with Gasteiger partial charge in [0, 0.05) is 21.9 Å². The summed E-state index contributed by atoms with van der Waals surface area (Å²) in [5.41, 5.74) is 1.62. The largest absolute Gasteiger partial charge is 0.497 e. The highest BCUT2D eigenvalue weighted by Gasteiger charge is 2.30. The summed E-state index contributed by atoms with van der Waals surface area (Å²) in [7, 11) is -0.874. The van der Waals surface area contributed by atoms with Crippen molar-refractivity contribution in [2.24, 2.45) is 3.77 Å². The minimum atomic E-state index is -2.73. The molecule has 168 valence electrons. The number of hydrogen-bond acceptors (Lipinski definition) is 6. The molecule has 1 aromatic heterocycles. The molecule has 2 aromatic carbocycles. The van der Waals surface area contributed by atoms with Gasteiger partial charge in [0.1, 0.15) is 27.8 Å². The first-order valence-corrected chi connectivity index (χ1v) is 13.8. The van der Waals surface area contributed by atoms with Crippen LogP contribution in [0.25, 0.3) is 10.9 Å². The molecule has 1 heterocycles. The summed E-state index contributed by atoms with van der Waals surface area (Å²) in [6.45, 7) is 6.40. The summed E-state index contributed by atoms with van der Waals surface area (Å²) in [4.78, 5) is 9.34. The summed E-state index contributed by atoms with van der Waals surface area (Å²) >= 11 is 0. The number of anilines is 2. The molecule has 0 saturated heterocycles. The van der Waals surface area contributed by atoms with E-state index in [2.05, 4.69) is 53.3 Å². The second-order valence-electron chi connectivity index (χ2n) is 8.44. The SMILES string of the molecule is CNS(=O)(=NS(C)(C)C(C)(C)C)c1ccc(Nc2ncnc3cc(OC)ccc23)cc1. The van der Waals surface area contributed by atoms with Crippen LogP contribution in [0, 0.1) is 0 Å². The molecule has 0 saturated carbocycles. The Morgan fingerprint density at radius 2 is 1.71 bits per heavy atom. The summed E-state index contributed by atoms with van der Waals surface area (Å²) in [5.74, 6) is 1.44. The van der Waals surface area contributed by atoms with Gasteiger partial charge in [0.15, 0.2) is 0 Å². The van der Waals surface area contributed by atoms with Crippen molar-refractivity contribution in [2.75, 3.05) is 32.0 Å². The van der Waals surface area contributed by atoms with Gasteiger partial charge in [-0.05, 0) is 56.0 Å². The first-order valence-electron chi connectivity index (χ1n) is 9.85. The maximum atomic E-state index is 13.6. The maximum Gasteiger partial charge on any atom is 0.146 e. The normalized spacial score (nSPS) is 14.7. The quantitative estimate of drug-likeness (QED) is 0.532. The van der Waals surface area contributed by atoms with Gasteiger partial charge in [-0.15, -0.1) is 10.2 Å². The van der Waals surface area contributed by atoms with E-state index >= 15 is 0 Å². The molecule has 1 unspecified atom stereocenters. The maximum absolute atomic E-state index is 13.6. The fraction of sp³-hybridized carbons (Fsp3) is 0.364. The molecule has 0 fully saturated rings. The molecule has 31 heavy (non-hydrogen) atoms. The second kappa shape index (κ2) is 8.64. The van der Waals surface area contributed by atoms with Crippen molar-refractivity contribution < 1.29 is 8.95 Å². The van der Waals surface area contributed by atoms with E-state index in [1.54, 1.807) is 14.2 Å². The van der Waals surface area contributed by atoms with Crippen LogP contribution < -0.4 is 14.8 Å². The van der Waals surface area contributed by atoms with E-state index < -0.39 is 20.1 Å². The molecule has 0 aliphatic carbocycles. The fourth-order valence-electron chi connectivity index (χ4n) is 2.70. The molecule has 7 nitrogen and oxygen atoms in total. The summed E-state index contributed by atoms with van der Waals surface area (Å²) in [6, 6.07) is 13.1. The Hall–Kier alpha value is -2.36. The monoisotopic (exact) mass is 461 g/mol. The predicted octanol–water partition coefficient (Wildman–Crippen LogP) is 5.12. The van der Waals surface area contributed by atoms with E-state index in [-0.39, 0.29) is 4.75 Å². The molecule has 0 spiro atoms. The van der Waals surface area contributed by atoms with Crippen molar-refractivity contribution in [1.82, 2.24) is 14.7 Å². The highest BCUT2D eigenvalue weighted by Crippen LogP contribution is 2.55. The minimum absolute atomic E-state index is 0.0508. The van der Waals surface area contributed by atoms with Gasteiger partial charge in [-0.2, -0.15) is 3.77 Å². The van der Waals surface area contributed by atoms with Crippen LogP contribution in [-0.2, 0) is 9.92 Å². The molecule has 2 N–H and O–H groups in total. The number of benzene rings is 2. The summed E-state index contributed by atoms with van der Waals surface area (Å²) in [5, 5.41) is 4.21. The van der Waals surface area contributed by atoms with Crippen LogP contribution in [0.5, 0.6) is 5.75 Å². The molecular weight excluding hydrogens is 430 g/mol.